The Bertz CT molecular complexity index is 795. The van der Waals surface area contributed by atoms with Crippen LogP contribution in [0.3, 0.4) is 0 Å². The van der Waals surface area contributed by atoms with Crippen molar-refractivity contribution in [2.75, 3.05) is 12.3 Å². The number of nitrogens with zero attached hydrogens (tertiary/aromatic N) is 4. The summed E-state index contributed by atoms with van der Waals surface area (Å²) in [6.07, 6.45) is 0.721. The molecule has 0 saturated carbocycles. The van der Waals surface area contributed by atoms with Crippen LogP contribution in [0.4, 0.5) is 0 Å². The first-order valence-corrected chi connectivity index (χ1v) is 11.0. The summed E-state index contributed by atoms with van der Waals surface area (Å²) in [4.78, 5) is 0.295. The van der Waals surface area contributed by atoms with E-state index in [2.05, 4.69) is 20.0 Å². The lowest BCUT2D eigenvalue weighted by Gasteiger charge is -2.09. The lowest BCUT2D eigenvalue weighted by molar-refractivity contribution is 0.514. The number of aromatic nitrogens is 4. The van der Waals surface area contributed by atoms with E-state index in [1.165, 1.54) is 0 Å². The van der Waals surface area contributed by atoms with E-state index in [0.29, 0.717) is 22.8 Å². The van der Waals surface area contributed by atoms with Crippen LogP contribution in [0.15, 0.2) is 9.24 Å². The molecule has 0 amide bonds. The van der Waals surface area contributed by atoms with Crippen LogP contribution in [0.2, 0.25) is 0 Å². The molecule has 0 atom stereocenters. The minimum absolute atomic E-state index is 0.124. The van der Waals surface area contributed by atoms with Gasteiger partial charge in [-0.05, 0) is 41.0 Å². The van der Waals surface area contributed by atoms with Gasteiger partial charge >= 0.3 is 0 Å². The van der Waals surface area contributed by atoms with E-state index in [1.54, 1.807) is 41.6 Å². The monoisotopic (exact) mass is 389 g/mol. The molecule has 0 bridgehead atoms. The third-order valence-electron chi connectivity index (χ3n) is 3.36. The number of hydrogen-bond donors (Lipinski definition) is 1. The highest BCUT2D eigenvalue weighted by molar-refractivity contribution is 8.01. The quantitative estimate of drug-likeness (QED) is 0.551. The molecule has 7 nitrogen and oxygen atoms in total. The van der Waals surface area contributed by atoms with E-state index < -0.39 is 10.0 Å². The van der Waals surface area contributed by atoms with Crippen molar-refractivity contribution in [1.82, 2.24) is 24.7 Å². The fourth-order valence-electron chi connectivity index (χ4n) is 2.39. The second kappa shape index (κ2) is 7.94. The highest BCUT2D eigenvalue weighted by atomic mass is 32.2. The molecule has 2 rings (SSSR count). The Hall–Kier alpha value is -0.970. The van der Waals surface area contributed by atoms with Gasteiger partial charge in [0, 0.05) is 18.3 Å². The fraction of sp³-hybridized carbons (Fsp3) is 0.643. The number of thioether (sulfide) groups is 1. The minimum atomic E-state index is -3.54. The Kier molecular flexibility index (Phi) is 6.40. The molecule has 0 fully saturated rings. The first-order chi connectivity index (χ1) is 11.2. The van der Waals surface area contributed by atoms with Crippen molar-refractivity contribution in [1.29, 1.82) is 0 Å². The summed E-state index contributed by atoms with van der Waals surface area (Å²) in [6.45, 7) is 9.79. The maximum Gasteiger partial charge on any atom is 0.244 e. The van der Waals surface area contributed by atoms with Gasteiger partial charge in [-0.2, -0.15) is 5.10 Å². The fourth-order valence-corrected chi connectivity index (χ4v) is 5.68. The predicted molar refractivity (Wildman–Crippen MR) is 97.3 cm³/mol. The lowest BCUT2D eigenvalue weighted by atomic mass is 10.3. The van der Waals surface area contributed by atoms with Gasteiger partial charge < -0.3 is 0 Å². The largest absolute Gasteiger partial charge is 0.266 e. The van der Waals surface area contributed by atoms with E-state index in [0.717, 1.165) is 21.5 Å². The summed E-state index contributed by atoms with van der Waals surface area (Å²) >= 11 is 3.14. The van der Waals surface area contributed by atoms with E-state index in [9.17, 15) is 8.42 Å². The van der Waals surface area contributed by atoms with Gasteiger partial charge in [0.2, 0.25) is 10.0 Å². The van der Waals surface area contributed by atoms with E-state index in [1.807, 2.05) is 20.8 Å². The second-order valence-corrected chi connectivity index (χ2v) is 9.95. The molecule has 0 aliphatic heterocycles. The number of aryl methyl sites for hydroxylation is 2. The van der Waals surface area contributed by atoms with E-state index in [4.69, 9.17) is 0 Å². The van der Waals surface area contributed by atoms with Gasteiger partial charge in [-0.25, -0.2) is 13.1 Å². The molecule has 0 radical (unpaired) electrons. The average molecular weight is 390 g/mol. The van der Waals surface area contributed by atoms with Gasteiger partial charge in [-0.15, -0.1) is 10.2 Å². The molecule has 24 heavy (non-hydrogen) atoms. The summed E-state index contributed by atoms with van der Waals surface area (Å²) in [7, 11) is -3.54. The molecule has 2 aromatic heterocycles. The van der Waals surface area contributed by atoms with Crippen molar-refractivity contribution in [2.24, 2.45) is 0 Å². The molecule has 0 spiro atoms. The van der Waals surface area contributed by atoms with Crippen molar-refractivity contribution < 1.29 is 8.42 Å². The molecule has 0 aromatic carbocycles. The van der Waals surface area contributed by atoms with Crippen LogP contribution in [0.25, 0.3) is 0 Å². The first-order valence-electron chi connectivity index (χ1n) is 7.70. The van der Waals surface area contributed by atoms with Gasteiger partial charge in [0.1, 0.15) is 9.90 Å². The van der Waals surface area contributed by atoms with Gasteiger partial charge in [0.25, 0.3) is 0 Å². The van der Waals surface area contributed by atoms with Crippen molar-refractivity contribution in [3.05, 3.63) is 16.4 Å². The predicted octanol–water partition coefficient (Wildman–Crippen LogP) is 2.70. The molecule has 0 unspecified atom stereocenters. The zero-order chi connectivity index (χ0) is 17.9. The molecular formula is C14H23N5O2S3. The Morgan fingerprint density at radius 2 is 1.96 bits per heavy atom. The highest BCUT2D eigenvalue weighted by Crippen LogP contribution is 2.23. The molecule has 1 N–H and O–H groups in total. The Balaban J connectivity index is 1.92. The molecule has 134 valence electrons. The van der Waals surface area contributed by atoms with E-state index in [-0.39, 0.29) is 6.04 Å². The third-order valence-corrected chi connectivity index (χ3v) is 7.13. The van der Waals surface area contributed by atoms with Crippen LogP contribution in [0, 0.1) is 20.8 Å². The standard InChI is InChI=1S/C14H23N5O2S3/c1-9(2)19-11(4)13(10(3)18-19)24(20,21)15-7-6-8-22-14-17-16-12(5)23-14/h9,15H,6-8H2,1-5H3. The Labute approximate surface area is 151 Å². The van der Waals surface area contributed by atoms with Gasteiger partial charge in [0.05, 0.1) is 11.4 Å². The molecule has 2 aromatic rings. The summed E-state index contributed by atoms with van der Waals surface area (Å²) in [5, 5.41) is 13.3. The molecule has 0 saturated heterocycles. The van der Waals surface area contributed by atoms with Gasteiger partial charge in [-0.3, -0.25) is 4.68 Å². The normalized spacial score (nSPS) is 12.2. The number of rotatable bonds is 8. The summed E-state index contributed by atoms with van der Waals surface area (Å²) < 4.78 is 30.4. The van der Waals surface area contributed by atoms with Crippen LogP contribution in [-0.4, -0.2) is 40.7 Å². The molecule has 0 aliphatic carbocycles. The highest BCUT2D eigenvalue weighted by Gasteiger charge is 2.24. The maximum absolute atomic E-state index is 12.6. The van der Waals surface area contributed by atoms with Crippen LogP contribution < -0.4 is 4.72 Å². The number of hydrogen-bond acceptors (Lipinski definition) is 7. The lowest BCUT2D eigenvalue weighted by Crippen LogP contribution is -2.26. The van der Waals surface area contributed by atoms with Crippen LogP contribution in [0.1, 0.15) is 42.7 Å². The molecule has 10 heteroatoms. The third kappa shape index (κ3) is 4.56. The molecule has 2 heterocycles. The SMILES string of the molecule is Cc1nnc(SCCCNS(=O)(=O)c2c(C)nn(C(C)C)c2C)s1. The van der Waals surface area contributed by atoms with Gasteiger partial charge in [0.15, 0.2) is 4.34 Å². The molecule has 0 aliphatic rings. The second-order valence-electron chi connectivity index (χ2n) is 5.73. The Morgan fingerprint density at radius 3 is 2.50 bits per heavy atom. The maximum atomic E-state index is 12.6. The topological polar surface area (TPSA) is 89.8 Å². The summed E-state index contributed by atoms with van der Waals surface area (Å²) in [5.74, 6) is 0.792. The van der Waals surface area contributed by atoms with Crippen molar-refractivity contribution in [2.45, 2.75) is 56.3 Å². The van der Waals surface area contributed by atoms with E-state index >= 15 is 0 Å². The van der Waals surface area contributed by atoms with Crippen LogP contribution in [0.5, 0.6) is 0 Å². The zero-order valence-electron chi connectivity index (χ0n) is 14.5. The number of nitrogens with one attached hydrogen (secondary N) is 1. The smallest absolute Gasteiger partial charge is 0.244 e. The van der Waals surface area contributed by atoms with Crippen LogP contribution >= 0.6 is 23.1 Å². The zero-order valence-corrected chi connectivity index (χ0v) is 17.0. The summed E-state index contributed by atoms with van der Waals surface area (Å²) in [5.41, 5.74) is 1.21. The summed E-state index contributed by atoms with van der Waals surface area (Å²) in [6, 6.07) is 0.124. The van der Waals surface area contributed by atoms with Crippen molar-refractivity contribution in [3.8, 4) is 0 Å². The number of sulfonamides is 1. The average Bonchev–Trinajstić information content (AvgIpc) is 3.02. The molecular weight excluding hydrogens is 366 g/mol. The Morgan fingerprint density at radius 1 is 1.25 bits per heavy atom. The van der Waals surface area contributed by atoms with Crippen molar-refractivity contribution in [3.63, 3.8) is 0 Å². The van der Waals surface area contributed by atoms with Crippen LogP contribution in [-0.2, 0) is 10.0 Å². The minimum Gasteiger partial charge on any atom is -0.266 e. The van der Waals surface area contributed by atoms with Gasteiger partial charge in [-0.1, -0.05) is 23.1 Å². The van der Waals surface area contributed by atoms with Crippen molar-refractivity contribution >= 4 is 33.1 Å². The first kappa shape index (κ1) is 19.4.